The van der Waals surface area contributed by atoms with Crippen LogP contribution >= 0.6 is 23.2 Å². The van der Waals surface area contributed by atoms with Crippen molar-refractivity contribution in [2.45, 2.75) is 44.9 Å². The van der Waals surface area contributed by atoms with Crippen LogP contribution in [0.5, 0.6) is 0 Å². The maximum atomic E-state index is 12.4. The molecule has 3 heteroatoms. The van der Waals surface area contributed by atoms with Crippen LogP contribution in [0.25, 0.3) is 0 Å². The number of hydrogen-bond donors (Lipinski definition) is 0. The van der Waals surface area contributed by atoms with Gasteiger partial charge in [0.25, 0.3) is 0 Å². The predicted molar refractivity (Wildman–Crippen MR) is 76.6 cm³/mol. The van der Waals surface area contributed by atoms with Crippen LogP contribution in [0.3, 0.4) is 0 Å². The van der Waals surface area contributed by atoms with Gasteiger partial charge >= 0.3 is 0 Å². The average molecular weight is 285 g/mol. The molecule has 0 aliphatic heterocycles. The summed E-state index contributed by atoms with van der Waals surface area (Å²) in [5.41, 5.74) is 0.704. The Hall–Kier alpha value is -0.530. The Kier molecular flexibility index (Phi) is 5.08. The maximum absolute atomic E-state index is 12.4. The van der Waals surface area contributed by atoms with Crippen molar-refractivity contribution in [3.05, 3.63) is 33.8 Å². The SMILES string of the molecule is O=C(c1ccc(Cl)c(Cl)c1)C1CCCCCCC1. The molecule has 18 heavy (non-hydrogen) atoms. The van der Waals surface area contributed by atoms with Crippen molar-refractivity contribution in [3.63, 3.8) is 0 Å². The Morgan fingerprint density at radius 2 is 1.56 bits per heavy atom. The number of hydrogen-bond acceptors (Lipinski definition) is 1. The highest BCUT2D eigenvalue weighted by molar-refractivity contribution is 6.42. The van der Waals surface area contributed by atoms with Crippen molar-refractivity contribution in [2.75, 3.05) is 0 Å². The normalized spacial score (nSPS) is 18.1. The lowest BCUT2D eigenvalue weighted by Gasteiger charge is -2.18. The molecule has 0 radical (unpaired) electrons. The highest BCUT2D eigenvalue weighted by Gasteiger charge is 2.21. The van der Waals surface area contributed by atoms with Gasteiger partial charge in [0.05, 0.1) is 10.0 Å². The van der Waals surface area contributed by atoms with Crippen LogP contribution in [0.15, 0.2) is 18.2 Å². The molecule has 0 bridgehead atoms. The summed E-state index contributed by atoms with van der Waals surface area (Å²) in [7, 11) is 0. The second kappa shape index (κ2) is 6.58. The minimum absolute atomic E-state index is 0.169. The van der Waals surface area contributed by atoms with Crippen LogP contribution in [0, 0.1) is 5.92 Å². The number of halogens is 2. The molecule has 0 N–H and O–H groups in total. The molecule has 1 aliphatic carbocycles. The monoisotopic (exact) mass is 284 g/mol. The molecule has 1 aromatic carbocycles. The molecule has 0 heterocycles. The number of ketones is 1. The van der Waals surface area contributed by atoms with Crippen molar-refractivity contribution in [3.8, 4) is 0 Å². The van der Waals surface area contributed by atoms with E-state index in [1.807, 2.05) is 0 Å². The van der Waals surface area contributed by atoms with Gasteiger partial charge in [-0.2, -0.15) is 0 Å². The highest BCUT2D eigenvalue weighted by atomic mass is 35.5. The fourth-order valence-corrected chi connectivity index (χ4v) is 2.90. The Balaban J connectivity index is 2.10. The lowest BCUT2D eigenvalue weighted by atomic mass is 9.86. The molecule has 1 aromatic rings. The summed E-state index contributed by atoms with van der Waals surface area (Å²) in [5, 5.41) is 0.972. The van der Waals surface area contributed by atoms with Crippen LogP contribution in [0.1, 0.15) is 55.3 Å². The molecule has 0 atom stereocenters. The molecule has 0 aromatic heterocycles. The Morgan fingerprint density at radius 3 is 2.17 bits per heavy atom. The first kappa shape index (κ1) is 13.9. The molecule has 1 fully saturated rings. The summed E-state index contributed by atoms with van der Waals surface area (Å²) in [6, 6.07) is 5.19. The van der Waals surface area contributed by atoms with Gasteiger partial charge in [-0.25, -0.2) is 0 Å². The van der Waals surface area contributed by atoms with Gasteiger partial charge in [0.1, 0.15) is 0 Å². The summed E-state index contributed by atoms with van der Waals surface area (Å²) < 4.78 is 0. The molecular formula is C15H18Cl2O. The van der Waals surface area contributed by atoms with Crippen molar-refractivity contribution in [1.29, 1.82) is 0 Å². The zero-order valence-corrected chi connectivity index (χ0v) is 11.9. The molecule has 2 rings (SSSR count). The van der Waals surface area contributed by atoms with E-state index in [1.54, 1.807) is 18.2 Å². The summed E-state index contributed by atoms with van der Waals surface area (Å²) in [6.07, 6.45) is 8.18. The number of carbonyl (C=O) groups is 1. The average Bonchev–Trinajstić information content (AvgIpc) is 2.31. The fraction of sp³-hybridized carbons (Fsp3) is 0.533. The molecule has 1 nitrogen and oxygen atoms in total. The Morgan fingerprint density at radius 1 is 0.944 bits per heavy atom. The standard InChI is InChI=1S/C15H18Cl2O/c16-13-9-8-12(10-14(13)17)15(18)11-6-4-2-1-3-5-7-11/h8-11H,1-7H2. The van der Waals surface area contributed by atoms with E-state index in [1.165, 1.54) is 19.3 Å². The van der Waals surface area contributed by atoms with E-state index < -0.39 is 0 Å². The third kappa shape index (κ3) is 3.49. The third-order valence-electron chi connectivity index (χ3n) is 3.68. The van der Waals surface area contributed by atoms with E-state index in [0.717, 1.165) is 25.7 Å². The molecule has 0 unspecified atom stereocenters. The number of rotatable bonds is 2. The van der Waals surface area contributed by atoms with Crippen molar-refractivity contribution < 1.29 is 4.79 Å². The van der Waals surface area contributed by atoms with Crippen LogP contribution < -0.4 is 0 Å². The zero-order chi connectivity index (χ0) is 13.0. The molecule has 1 saturated carbocycles. The van der Waals surface area contributed by atoms with Gasteiger partial charge in [0.2, 0.25) is 0 Å². The largest absolute Gasteiger partial charge is 0.294 e. The van der Waals surface area contributed by atoms with E-state index in [4.69, 9.17) is 23.2 Å². The molecule has 0 saturated heterocycles. The Labute approximate surface area is 118 Å². The van der Waals surface area contributed by atoms with E-state index in [2.05, 4.69) is 0 Å². The quantitative estimate of drug-likeness (QED) is 0.652. The molecule has 0 spiro atoms. The molecular weight excluding hydrogens is 267 g/mol. The minimum atomic E-state index is 0.169. The van der Waals surface area contributed by atoms with Crippen molar-refractivity contribution in [2.24, 2.45) is 5.92 Å². The minimum Gasteiger partial charge on any atom is -0.294 e. The van der Waals surface area contributed by atoms with Crippen LogP contribution in [0.4, 0.5) is 0 Å². The first-order valence-corrected chi connectivity index (χ1v) is 7.43. The maximum Gasteiger partial charge on any atom is 0.165 e. The van der Waals surface area contributed by atoms with Gasteiger partial charge in [-0.3, -0.25) is 4.79 Å². The lowest BCUT2D eigenvalue weighted by molar-refractivity contribution is 0.0898. The molecule has 98 valence electrons. The molecule has 1 aliphatic rings. The van der Waals surface area contributed by atoms with Gasteiger partial charge in [-0.05, 0) is 31.0 Å². The van der Waals surface area contributed by atoms with Crippen LogP contribution in [-0.2, 0) is 0 Å². The zero-order valence-electron chi connectivity index (χ0n) is 10.4. The highest BCUT2D eigenvalue weighted by Crippen LogP contribution is 2.28. The number of carbonyl (C=O) groups excluding carboxylic acids is 1. The lowest BCUT2D eigenvalue weighted by Crippen LogP contribution is -2.16. The fourth-order valence-electron chi connectivity index (χ4n) is 2.60. The van der Waals surface area contributed by atoms with E-state index in [9.17, 15) is 4.79 Å². The number of benzene rings is 1. The van der Waals surface area contributed by atoms with Crippen LogP contribution in [-0.4, -0.2) is 5.78 Å². The summed E-state index contributed by atoms with van der Waals surface area (Å²) in [6.45, 7) is 0. The first-order valence-electron chi connectivity index (χ1n) is 6.68. The van der Waals surface area contributed by atoms with E-state index >= 15 is 0 Å². The predicted octanol–water partition coefficient (Wildman–Crippen LogP) is 5.54. The second-order valence-corrected chi connectivity index (χ2v) is 5.85. The van der Waals surface area contributed by atoms with Gasteiger partial charge < -0.3 is 0 Å². The first-order chi connectivity index (χ1) is 8.68. The third-order valence-corrected chi connectivity index (χ3v) is 4.42. The summed E-state index contributed by atoms with van der Waals surface area (Å²) >= 11 is 11.8. The van der Waals surface area contributed by atoms with Gasteiger partial charge in [0, 0.05) is 11.5 Å². The van der Waals surface area contributed by atoms with Crippen molar-refractivity contribution >= 4 is 29.0 Å². The Bertz CT molecular complexity index is 421. The van der Waals surface area contributed by atoms with Crippen molar-refractivity contribution in [1.82, 2.24) is 0 Å². The van der Waals surface area contributed by atoms with E-state index in [0.29, 0.717) is 15.6 Å². The second-order valence-electron chi connectivity index (χ2n) is 5.04. The van der Waals surface area contributed by atoms with Crippen LogP contribution in [0.2, 0.25) is 10.0 Å². The van der Waals surface area contributed by atoms with Gasteiger partial charge in [0.15, 0.2) is 5.78 Å². The van der Waals surface area contributed by atoms with Gasteiger partial charge in [-0.15, -0.1) is 0 Å². The smallest absolute Gasteiger partial charge is 0.165 e. The summed E-state index contributed by atoms with van der Waals surface area (Å²) in [5.74, 6) is 0.401. The molecule has 0 amide bonds. The number of Topliss-reactive ketones (excluding diaryl/α,β-unsaturated/α-hetero) is 1. The van der Waals surface area contributed by atoms with E-state index in [-0.39, 0.29) is 11.7 Å². The van der Waals surface area contributed by atoms with Gasteiger partial charge in [-0.1, -0.05) is 55.3 Å². The topological polar surface area (TPSA) is 17.1 Å². The summed E-state index contributed by atoms with van der Waals surface area (Å²) in [4.78, 5) is 12.4.